The maximum Gasteiger partial charge on any atom is 0.322 e. The molecular formula is C38H58O4. The first-order valence-electron chi connectivity index (χ1n) is 17.5. The highest BCUT2D eigenvalue weighted by molar-refractivity contribution is 5.94. The van der Waals surface area contributed by atoms with Crippen LogP contribution in [0.1, 0.15) is 173 Å². The molecule has 0 aromatic heterocycles. The van der Waals surface area contributed by atoms with Crippen molar-refractivity contribution in [3.63, 3.8) is 0 Å². The van der Waals surface area contributed by atoms with Crippen LogP contribution in [0.25, 0.3) is 0 Å². The van der Waals surface area contributed by atoms with Crippen molar-refractivity contribution in [3.8, 4) is 11.5 Å². The molecule has 0 radical (unpaired) electrons. The standard InChI is InChI=1S/C38H58O4/c1-6-7-8-9-10-11-12-13-14-15-16-17-18-19-20-22-32(39)41-34-30(28(2)3)27-29-23-24-31-37(4,5)25-21-26-38(31)33(29)35(34)42-36(38)40/h13-14,27-28,31H,6-12,15-26H2,1-5H3/b14-13+/t31?,38-/m1/s1. The molecule has 4 nitrogen and oxygen atoms in total. The number of unbranched alkanes of at least 4 members (excludes halogenated alkanes) is 11. The Kier molecular flexibility index (Phi) is 11.8. The minimum atomic E-state index is -0.579. The second-order valence-electron chi connectivity index (χ2n) is 14.4. The van der Waals surface area contributed by atoms with Crippen molar-refractivity contribution in [2.24, 2.45) is 11.3 Å². The highest BCUT2D eigenvalue weighted by atomic mass is 16.6. The third-order valence-electron chi connectivity index (χ3n) is 10.5. The molecule has 1 heterocycles. The van der Waals surface area contributed by atoms with Crippen LogP contribution in [0.15, 0.2) is 18.2 Å². The normalized spacial score (nSPS) is 22.3. The molecule has 1 aromatic carbocycles. The Bertz CT molecular complexity index is 1100. The van der Waals surface area contributed by atoms with E-state index in [-0.39, 0.29) is 29.2 Å². The number of carbonyl (C=O) groups is 2. The van der Waals surface area contributed by atoms with Crippen molar-refractivity contribution in [1.29, 1.82) is 0 Å². The first kappa shape index (κ1) is 32.8. The lowest BCUT2D eigenvalue weighted by Crippen LogP contribution is -2.52. The molecule has 1 unspecified atom stereocenters. The van der Waals surface area contributed by atoms with Gasteiger partial charge in [0.1, 0.15) is 5.41 Å². The van der Waals surface area contributed by atoms with Crippen molar-refractivity contribution in [3.05, 3.63) is 34.9 Å². The molecule has 1 aromatic rings. The summed E-state index contributed by atoms with van der Waals surface area (Å²) in [6.07, 6.45) is 26.1. The number of benzene rings is 1. The topological polar surface area (TPSA) is 52.6 Å². The molecule has 0 amide bonds. The quantitative estimate of drug-likeness (QED) is 0.0798. The molecule has 4 heteroatoms. The Hall–Kier alpha value is -2.10. The number of ether oxygens (including phenoxy) is 2. The van der Waals surface area contributed by atoms with E-state index in [1.165, 1.54) is 63.4 Å². The minimum Gasteiger partial charge on any atom is -0.422 e. The van der Waals surface area contributed by atoms with Crippen molar-refractivity contribution in [2.45, 2.75) is 168 Å². The molecule has 0 bridgehead atoms. The number of esters is 2. The van der Waals surface area contributed by atoms with Gasteiger partial charge in [0.05, 0.1) is 0 Å². The fourth-order valence-electron chi connectivity index (χ4n) is 8.14. The Morgan fingerprint density at radius 1 is 0.976 bits per heavy atom. The van der Waals surface area contributed by atoms with Crippen LogP contribution in [0.3, 0.4) is 0 Å². The molecule has 1 fully saturated rings. The average molecular weight is 579 g/mol. The van der Waals surface area contributed by atoms with Crippen LogP contribution in [0.4, 0.5) is 0 Å². The van der Waals surface area contributed by atoms with Gasteiger partial charge in [-0.1, -0.05) is 111 Å². The first-order chi connectivity index (χ1) is 20.2. The number of rotatable bonds is 17. The predicted octanol–water partition coefficient (Wildman–Crippen LogP) is 10.7. The van der Waals surface area contributed by atoms with E-state index in [1.54, 1.807) is 0 Å². The lowest BCUT2D eigenvalue weighted by Gasteiger charge is -2.51. The fraction of sp³-hybridized carbons (Fsp3) is 0.737. The Morgan fingerprint density at radius 2 is 1.62 bits per heavy atom. The van der Waals surface area contributed by atoms with Gasteiger partial charge in [-0.3, -0.25) is 9.59 Å². The molecule has 234 valence electrons. The highest BCUT2D eigenvalue weighted by Crippen LogP contribution is 2.64. The second-order valence-corrected chi connectivity index (χ2v) is 14.4. The first-order valence-corrected chi connectivity index (χ1v) is 17.5. The summed E-state index contributed by atoms with van der Waals surface area (Å²) in [5.74, 6) is 1.18. The summed E-state index contributed by atoms with van der Waals surface area (Å²) in [6, 6.07) is 2.22. The summed E-state index contributed by atoms with van der Waals surface area (Å²) in [6.45, 7) is 11.1. The molecule has 0 saturated heterocycles. The largest absolute Gasteiger partial charge is 0.422 e. The molecule has 2 atom stereocenters. The van der Waals surface area contributed by atoms with E-state index in [9.17, 15) is 9.59 Å². The van der Waals surface area contributed by atoms with E-state index in [4.69, 9.17) is 9.47 Å². The van der Waals surface area contributed by atoms with Gasteiger partial charge in [0, 0.05) is 17.5 Å². The van der Waals surface area contributed by atoms with E-state index in [0.717, 1.165) is 68.9 Å². The van der Waals surface area contributed by atoms with Gasteiger partial charge in [-0.15, -0.1) is 0 Å². The second kappa shape index (κ2) is 15.1. The summed E-state index contributed by atoms with van der Waals surface area (Å²) >= 11 is 0. The van der Waals surface area contributed by atoms with E-state index < -0.39 is 5.41 Å². The maximum atomic E-state index is 13.7. The van der Waals surface area contributed by atoms with Gasteiger partial charge in [-0.25, -0.2) is 0 Å². The van der Waals surface area contributed by atoms with Crippen LogP contribution < -0.4 is 9.47 Å². The van der Waals surface area contributed by atoms with Crippen LogP contribution in [0.2, 0.25) is 0 Å². The zero-order valence-corrected chi connectivity index (χ0v) is 27.5. The van der Waals surface area contributed by atoms with Crippen molar-refractivity contribution < 1.29 is 19.1 Å². The van der Waals surface area contributed by atoms with E-state index in [1.807, 2.05) is 0 Å². The Labute approximate surface area is 256 Å². The summed E-state index contributed by atoms with van der Waals surface area (Å²) in [5, 5.41) is 0. The van der Waals surface area contributed by atoms with Crippen molar-refractivity contribution in [1.82, 2.24) is 0 Å². The molecule has 1 spiro atoms. The van der Waals surface area contributed by atoms with Gasteiger partial charge in [-0.2, -0.15) is 0 Å². The van der Waals surface area contributed by atoms with Gasteiger partial charge in [0.15, 0.2) is 11.5 Å². The highest BCUT2D eigenvalue weighted by Gasteiger charge is 2.62. The summed E-state index contributed by atoms with van der Waals surface area (Å²) in [7, 11) is 0. The zero-order valence-electron chi connectivity index (χ0n) is 27.5. The monoisotopic (exact) mass is 578 g/mol. The fourth-order valence-corrected chi connectivity index (χ4v) is 8.14. The third kappa shape index (κ3) is 7.33. The Morgan fingerprint density at radius 3 is 2.29 bits per heavy atom. The number of aryl methyl sites for hydroxylation is 1. The van der Waals surface area contributed by atoms with E-state index in [0.29, 0.717) is 17.9 Å². The molecule has 0 N–H and O–H groups in total. The third-order valence-corrected chi connectivity index (χ3v) is 10.5. The molecule has 2 aliphatic carbocycles. The average Bonchev–Trinajstić information content (AvgIpc) is 3.24. The van der Waals surface area contributed by atoms with Gasteiger partial charge in [0.2, 0.25) is 0 Å². The van der Waals surface area contributed by atoms with Gasteiger partial charge < -0.3 is 9.47 Å². The SMILES string of the molecule is CCCCCCCC/C=C/CCCCCCCC(=O)Oc1c(C(C)C)cc2c3c1OC(=O)[C@@]31CCCC(C)(C)C1CC2. The van der Waals surface area contributed by atoms with Crippen LogP contribution in [-0.4, -0.2) is 11.9 Å². The maximum absolute atomic E-state index is 13.7. The molecule has 1 saturated carbocycles. The number of allylic oxidation sites excluding steroid dienone is 2. The number of hydrogen-bond acceptors (Lipinski definition) is 4. The van der Waals surface area contributed by atoms with E-state index >= 15 is 0 Å². The summed E-state index contributed by atoms with van der Waals surface area (Å²) in [4.78, 5) is 26.7. The van der Waals surface area contributed by atoms with E-state index in [2.05, 4.69) is 52.8 Å². The van der Waals surface area contributed by atoms with Crippen LogP contribution in [0.5, 0.6) is 11.5 Å². The molecule has 4 rings (SSSR count). The van der Waals surface area contributed by atoms with Gasteiger partial charge >= 0.3 is 11.9 Å². The minimum absolute atomic E-state index is 0.0912. The van der Waals surface area contributed by atoms with Crippen molar-refractivity contribution in [2.75, 3.05) is 0 Å². The van der Waals surface area contributed by atoms with Gasteiger partial charge in [-0.05, 0) is 80.6 Å². The van der Waals surface area contributed by atoms with Gasteiger partial charge in [0.25, 0.3) is 0 Å². The predicted molar refractivity (Wildman–Crippen MR) is 172 cm³/mol. The van der Waals surface area contributed by atoms with Crippen LogP contribution in [0, 0.1) is 11.3 Å². The summed E-state index contributed by atoms with van der Waals surface area (Å²) in [5.41, 5.74) is 2.77. The lowest BCUT2D eigenvalue weighted by atomic mass is 9.50. The molecular weight excluding hydrogens is 520 g/mol. The number of hydrogen-bond donors (Lipinski definition) is 0. The smallest absolute Gasteiger partial charge is 0.322 e. The van der Waals surface area contributed by atoms with Crippen LogP contribution in [-0.2, 0) is 21.4 Å². The zero-order chi connectivity index (χ0) is 30.2. The molecule has 42 heavy (non-hydrogen) atoms. The van der Waals surface area contributed by atoms with Crippen molar-refractivity contribution >= 4 is 11.9 Å². The number of carbonyl (C=O) groups excluding carboxylic acids is 2. The lowest BCUT2D eigenvalue weighted by molar-refractivity contribution is -0.146. The van der Waals surface area contributed by atoms with Crippen LogP contribution >= 0.6 is 0 Å². The molecule has 1 aliphatic heterocycles. The Balaban J connectivity index is 1.26. The molecule has 3 aliphatic rings. The summed E-state index contributed by atoms with van der Waals surface area (Å²) < 4.78 is 12.2.